The summed E-state index contributed by atoms with van der Waals surface area (Å²) in [6.45, 7) is 1.83. The van der Waals surface area contributed by atoms with E-state index in [1.165, 1.54) is 0 Å². The minimum absolute atomic E-state index is 0.302. The number of nitrogens with zero attached hydrogens (tertiary/aromatic N) is 1. The highest BCUT2D eigenvalue weighted by Gasteiger charge is 2.13. The van der Waals surface area contributed by atoms with Crippen molar-refractivity contribution in [3.63, 3.8) is 0 Å². The molecule has 1 heterocycles. The Labute approximate surface area is 96.8 Å². The second-order valence-corrected chi connectivity index (χ2v) is 3.99. The van der Waals surface area contributed by atoms with Gasteiger partial charge in [0.2, 0.25) is 5.88 Å². The third-order valence-corrected chi connectivity index (χ3v) is 2.69. The lowest BCUT2D eigenvalue weighted by Crippen LogP contribution is -1.85. The molecule has 0 unspecified atom stereocenters. The maximum atomic E-state index is 6.04. The molecular weight excluding hydrogens is 235 g/mol. The molecule has 0 aliphatic heterocycles. The molecule has 2 N–H and O–H groups in total. The van der Waals surface area contributed by atoms with Gasteiger partial charge in [0.25, 0.3) is 0 Å². The first kappa shape index (κ1) is 10.3. The van der Waals surface area contributed by atoms with Gasteiger partial charge in [0.05, 0.1) is 5.02 Å². The first-order valence-electron chi connectivity index (χ1n) is 4.26. The first-order chi connectivity index (χ1) is 7.09. The zero-order valence-corrected chi connectivity index (χ0v) is 9.43. The van der Waals surface area contributed by atoms with E-state index in [1.54, 1.807) is 18.2 Å². The Morgan fingerprint density at radius 3 is 2.60 bits per heavy atom. The molecular formula is C10H8Cl2N2O. The Morgan fingerprint density at radius 2 is 2.07 bits per heavy atom. The third-order valence-electron chi connectivity index (χ3n) is 2.15. The molecule has 0 bridgehead atoms. The number of aromatic nitrogens is 1. The fourth-order valence-electron chi connectivity index (χ4n) is 1.28. The van der Waals surface area contributed by atoms with Crippen LogP contribution in [0.15, 0.2) is 22.7 Å². The van der Waals surface area contributed by atoms with E-state index in [2.05, 4.69) is 5.16 Å². The maximum absolute atomic E-state index is 6.04. The summed E-state index contributed by atoms with van der Waals surface area (Å²) in [6.07, 6.45) is 0. The fourth-order valence-corrected chi connectivity index (χ4v) is 1.78. The lowest BCUT2D eigenvalue weighted by atomic mass is 10.1. The topological polar surface area (TPSA) is 52.0 Å². The molecule has 1 aromatic heterocycles. The minimum Gasteiger partial charge on any atom is -0.367 e. The molecule has 15 heavy (non-hydrogen) atoms. The number of hydrogen-bond acceptors (Lipinski definition) is 3. The Balaban J connectivity index is 2.59. The summed E-state index contributed by atoms with van der Waals surface area (Å²) in [5.41, 5.74) is 7.75. The molecule has 3 nitrogen and oxygen atoms in total. The largest absolute Gasteiger partial charge is 0.367 e. The summed E-state index contributed by atoms with van der Waals surface area (Å²) >= 11 is 11.8. The van der Waals surface area contributed by atoms with Gasteiger partial charge in [-0.2, -0.15) is 0 Å². The van der Waals surface area contributed by atoms with E-state index in [0.717, 1.165) is 11.1 Å². The van der Waals surface area contributed by atoms with E-state index in [1.807, 2.05) is 6.92 Å². The average molecular weight is 243 g/mol. The van der Waals surface area contributed by atoms with Gasteiger partial charge in [0.1, 0.15) is 5.69 Å². The monoisotopic (exact) mass is 242 g/mol. The van der Waals surface area contributed by atoms with Gasteiger partial charge in [0, 0.05) is 16.1 Å². The van der Waals surface area contributed by atoms with Gasteiger partial charge in [-0.05, 0) is 25.1 Å². The number of benzene rings is 1. The Morgan fingerprint density at radius 1 is 1.33 bits per heavy atom. The highest BCUT2D eigenvalue weighted by Crippen LogP contribution is 2.33. The van der Waals surface area contributed by atoms with Crippen LogP contribution in [0.25, 0.3) is 11.3 Å². The van der Waals surface area contributed by atoms with Crippen molar-refractivity contribution in [2.24, 2.45) is 0 Å². The van der Waals surface area contributed by atoms with Gasteiger partial charge in [0.15, 0.2) is 0 Å². The van der Waals surface area contributed by atoms with Crippen LogP contribution in [0.4, 0.5) is 5.88 Å². The zero-order valence-electron chi connectivity index (χ0n) is 7.92. The molecule has 0 fully saturated rings. The normalized spacial score (nSPS) is 10.6. The van der Waals surface area contributed by atoms with Crippen molar-refractivity contribution in [1.29, 1.82) is 0 Å². The van der Waals surface area contributed by atoms with Crippen molar-refractivity contribution in [3.05, 3.63) is 33.8 Å². The number of hydrogen-bond donors (Lipinski definition) is 1. The summed E-state index contributed by atoms with van der Waals surface area (Å²) in [6, 6.07) is 5.19. The molecule has 2 rings (SSSR count). The van der Waals surface area contributed by atoms with Crippen LogP contribution in [0.2, 0.25) is 10.0 Å². The summed E-state index contributed by atoms with van der Waals surface area (Å²) < 4.78 is 4.87. The van der Waals surface area contributed by atoms with Gasteiger partial charge >= 0.3 is 0 Å². The first-order valence-corrected chi connectivity index (χ1v) is 5.02. The summed E-state index contributed by atoms with van der Waals surface area (Å²) in [5.74, 6) is 0.302. The number of halogens is 2. The Hall–Kier alpha value is -1.19. The molecule has 0 saturated carbocycles. The van der Waals surface area contributed by atoms with Gasteiger partial charge in [-0.15, -0.1) is 0 Å². The second-order valence-electron chi connectivity index (χ2n) is 3.14. The van der Waals surface area contributed by atoms with Crippen LogP contribution in [0, 0.1) is 6.92 Å². The Bertz CT molecular complexity index is 508. The predicted molar refractivity (Wildman–Crippen MR) is 61.1 cm³/mol. The molecule has 2 aromatic rings. The summed E-state index contributed by atoms with van der Waals surface area (Å²) in [7, 11) is 0. The summed E-state index contributed by atoms with van der Waals surface area (Å²) in [4.78, 5) is 0. The van der Waals surface area contributed by atoms with Crippen LogP contribution in [-0.4, -0.2) is 5.16 Å². The smallest absolute Gasteiger partial charge is 0.225 e. The van der Waals surface area contributed by atoms with E-state index >= 15 is 0 Å². The van der Waals surface area contributed by atoms with E-state index < -0.39 is 0 Å². The highest BCUT2D eigenvalue weighted by atomic mass is 35.5. The van der Waals surface area contributed by atoms with Crippen LogP contribution in [-0.2, 0) is 0 Å². The quantitative estimate of drug-likeness (QED) is 0.833. The standard InChI is InChI=1S/C10H8Cl2N2O/c1-5-9(14-15-10(5)13)7-3-2-6(11)4-8(7)12/h2-4H,13H2,1H3. The molecule has 0 amide bonds. The van der Waals surface area contributed by atoms with Crippen molar-refractivity contribution in [2.45, 2.75) is 6.92 Å². The molecule has 5 heteroatoms. The molecule has 0 radical (unpaired) electrons. The number of anilines is 1. The van der Waals surface area contributed by atoms with Crippen LogP contribution in [0.5, 0.6) is 0 Å². The van der Waals surface area contributed by atoms with Crippen molar-refractivity contribution < 1.29 is 4.52 Å². The van der Waals surface area contributed by atoms with Gasteiger partial charge in [-0.25, -0.2) is 0 Å². The number of nitrogen functional groups attached to an aromatic ring is 1. The van der Waals surface area contributed by atoms with Crippen molar-refractivity contribution in [3.8, 4) is 11.3 Å². The van der Waals surface area contributed by atoms with Gasteiger partial charge in [-0.3, -0.25) is 0 Å². The lowest BCUT2D eigenvalue weighted by molar-refractivity contribution is 0.439. The van der Waals surface area contributed by atoms with E-state index in [-0.39, 0.29) is 0 Å². The minimum atomic E-state index is 0.302. The van der Waals surface area contributed by atoms with Gasteiger partial charge in [-0.1, -0.05) is 28.4 Å². The maximum Gasteiger partial charge on any atom is 0.225 e. The molecule has 78 valence electrons. The van der Waals surface area contributed by atoms with Crippen LogP contribution in [0.3, 0.4) is 0 Å². The molecule has 0 saturated heterocycles. The molecule has 1 aromatic carbocycles. The zero-order chi connectivity index (χ0) is 11.0. The molecule has 0 spiro atoms. The third kappa shape index (κ3) is 1.80. The summed E-state index contributed by atoms with van der Waals surface area (Å²) in [5, 5.41) is 4.96. The predicted octanol–water partition coefficient (Wildman–Crippen LogP) is 3.54. The SMILES string of the molecule is Cc1c(-c2ccc(Cl)cc2Cl)noc1N. The van der Waals surface area contributed by atoms with Crippen LogP contribution >= 0.6 is 23.2 Å². The highest BCUT2D eigenvalue weighted by molar-refractivity contribution is 6.36. The lowest BCUT2D eigenvalue weighted by Gasteiger charge is -2.01. The van der Waals surface area contributed by atoms with E-state index in [0.29, 0.717) is 21.6 Å². The second kappa shape index (κ2) is 3.76. The Kier molecular flexibility index (Phi) is 2.59. The number of rotatable bonds is 1. The molecule has 0 aliphatic rings. The van der Waals surface area contributed by atoms with Gasteiger partial charge < -0.3 is 10.3 Å². The molecule has 0 atom stereocenters. The van der Waals surface area contributed by atoms with E-state index in [9.17, 15) is 0 Å². The average Bonchev–Trinajstić information content (AvgIpc) is 2.49. The van der Waals surface area contributed by atoms with Crippen LogP contribution < -0.4 is 5.73 Å². The molecule has 0 aliphatic carbocycles. The van der Waals surface area contributed by atoms with Crippen molar-refractivity contribution in [1.82, 2.24) is 5.16 Å². The fraction of sp³-hybridized carbons (Fsp3) is 0.100. The number of nitrogens with two attached hydrogens (primary N) is 1. The van der Waals surface area contributed by atoms with E-state index in [4.69, 9.17) is 33.5 Å². The van der Waals surface area contributed by atoms with Crippen molar-refractivity contribution >= 4 is 29.1 Å². The van der Waals surface area contributed by atoms with Crippen LogP contribution in [0.1, 0.15) is 5.56 Å². The van der Waals surface area contributed by atoms with Crippen molar-refractivity contribution in [2.75, 3.05) is 5.73 Å².